The lowest BCUT2D eigenvalue weighted by atomic mass is 10.2. The average molecular weight is 348 g/mol. The second-order valence-corrected chi connectivity index (χ2v) is 7.34. The molecule has 1 aromatic heterocycles. The van der Waals surface area contributed by atoms with E-state index in [-0.39, 0.29) is 36.4 Å². The molecule has 2 fully saturated rings. The summed E-state index contributed by atoms with van der Waals surface area (Å²) in [5, 5.41) is 0. The molecule has 1 saturated heterocycles. The van der Waals surface area contributed by atoms with Crippen LogP contribution in [0.2, 0.25) is 0 Å². The van der Waals surface area contributed by atoms with E-state index in [2.05, 4.69) is 0 Å². The van der Waals surface area contributed by atoms with Gasteiger partial charge in [-0.25, -0.2) is 0 Å². The Balaban J connectivity index is 1.67. The van der Waals surface area contributed by atoms with Gasteiger partial charge < -0.3 is 19.0 Å². The van der Waals surface area contributed by atoms with Gasteiger partial charge in [0.15, 0.2) is 0 Å². The van der Waals surface area contributed by atoms with Crippen LogP contribution < -0.4 is 0 Å². The van der Waals surface area contributed by atoms with Crippen molar-refractivity contribution in [3.63, 3.8) is 0 Å². The number of hydrogen-bond acceptors (Lipinski definition) is 4. The van der Waals surface area contributed by atoms with Crippen LogP contribution in [0.3, 0.4) is 0 Å². The van der Waals surface area contributed by atoms with Crippen molar-refractivity contribution >= 4 is 11.8 Å². The summed E-state index contributed by atoms with van der Waals surface area (Å²) in [5.41, 5.74) is 0. The number of carbonyl (C=O) groups is 2. The third-order valence-corrected chi connectivity index (χ3v) is 4.80. The van der Waals surface area contributed by atoms with Crippen LogP contribution in [0.1, 0.15) is 45.3 Å². The van der Waals surface area contributed by atoms with E-state index in [0.717, 1.165) is 38.1 Å². The minimum absolute atomic E-state index is 0.0344. The van der Waals surface area contributed by atoms with E-state index in [1.807, 2.05) is 26.0 Å². The Bertz CT molecular complexity index is 574. The van der Waals surface area contributed by atoms with Crippen LogP contribution in [0.5, 0.6) is 0 Å². The van der Waals surface area contributed by atoms with Crippen molar-refractivity contribution in [1.29, 1.82) is 0 Å². The van der Waals surface area contributed by atoms with Gasteiger partial charge in [-0.05, 0) is 37.8 Å². The zero-order chi connectivity index (χ0) is 17.8. The second-order valence-electron chi connectivity index (χ2n) is 7.34. The molecule has 0 radical (unpaired) electrons. The number of ether oxygens (including phenoxy) is 1. The minimum Gasteiger partial charge on any atom is -0.467 e. The minimum atomic E-state index is -0.0925. The van der Waals surface area contributed by atoms with Crippen molar-refractivity contribution in [2.24, 2.45) is 5.92 Å². The molecule has 0 aromatic carbocycles. The van der Waals surface area contributed by atoms with Crippen molar-refractivity contribution in [2.45, 2.75) is 58.2 Å². The molecule has 0 N–H and O–H groups in total. The monoisotopic (exact) mass is 348 g/mol. The molecule has 138 valence electrons. The van der Waals surface area contributed by atoms with Gasteiger partial charge in [0, 0.05) is 25.1 Å². The molecule has 1 aliphatic carbocycles. The largest absolute Gasteiger partial charge is 0.467 e. The van der Waals surface area contributed by atoms with Gasteiger partial charge in [0.05, 0.1) is 18.9 Å². The predicted octanol–water partition coefficient (Wildman–Crippen LogP) is 2.43. The summed E-state index contributed by atoms with van der Waals surface area (Å²) in [5.74, 6) is 0.684. The highest BCUT2D eigenvalue weighted by Crippen LogP contribution is 2.28. The molecule has 0 unspecified atom stereocenters. The van der Waals surface area contributed by atoms with E-state index in [1.54, 1.807) is 16.1 Å². The van der Waals surface area contributed by atoms with Gasteiger partial charge in [0.2, 0.25) is 11.8 Å². The Hall–Kier alpha value is -1.82. The maximum atomic E-state index is 13.0. The van der Waals surface area contributed by atoms with Crippen LogP contribution in [0.4, 0.5) is 0 Å². The summed E-state index contributed by atoms with van der Waals surface area (Å²) in [6.45, 7) is 5.64. The fourth-order valence-corrected chi connectivity index (χ4v) is 3.23. The number of rotatable bonds is 8. The van der Waals surface area contributed by atoms with E-state index < -0.39 is 0 Å². The normalized spacial score (nSPS) is 20.0. The molecule has 6 heteroatoms. The Labute approximate surface area is 149 Å². The van der Waals surface area contributed by atoms with Crippen LogP contribution in [0, 0.1) is 5.92 Å². The van der Waals surface area contributed by atoms with Gasteiger partial charge >= 0.3 is 0 Å². The molecule has 1 aliphatic heterocycles. The molecule has 1 aromatic rings. The number of carbonyl (C=O) groups excluding carboxylic acids is 2. The Morgan fingerprint density at radius 1 is 1.28 bits per heavy atom. The molecule has 6 nitrogen and oxygen atoms in total. The number of amides is 2. The van der Waals surface area contributed by atoms with E-state index in [9.17, 15) is 9.59 Å². The lowest BCUT2D eigenvalue weighted by Gasteiger charge is -2.29. The van der Waals surface area contributed by atoms with Gasteiger partial charge in [-0.15, -0.1) is 0 Å². The smallest absolute Gasteiger partial charge is 0.242 e. The van der Waals surface area contributed by atoms with Crippen LogP contribution in [-0.2, 0) is 20.9 Å². The average Bonchev–Trinajstić information content (AvgIpc) is 3.07. The highest BCUT2D eigenvalue weighted by atomic mass is 16.5. The van der Waals surface area contributed by atoms with E-state index in [1.165, 1.54) is 0 Å². The summed E-state index contributed by atoms with van der Waals surface area (Å²) >= 11 is 0. The summed E-state index contributed by atoms with van der Waals surface area (Å²) < 4.78 is 11.1. The molecule has 3 rings (SSSR count). The summed E-state index contributed by atoms with van der Waals surface area (Å²) in [6, 6.07) is 3.92. The van der Waals surface area contributed by atoms with Gasteiger partial charge in [0.25, 0.3) is 0 Å². The second kappa shape index (κ2) is 8.04. The van der Waals surface area contributed by atoms with E-state index in [0.29, 0.717) is 13.1 Å². The molecule has 0 bridgehead atoms. The third kappa shape index (κ3) is 4.84. The van der Waals surface area contributed by atoms with E-state index >= 15 is 0 Å². The fourth-order valence-electron chi connectivity index (χ4n) is 3.23. The van der Waals surface area contributed by atoms with Crippen molar-refractivity contribution in [3.05, 3.63) is 24.2 Å². The highest BCUT2D eigenvalue weighted by molar-refractivity contribution is 5.86. The van der Waals surface area contributed by atoms with Gasteiger partial charge in [0.1, 0.15) is 12.3 Å². The first-order chi connectivity index (χ1) is 12.0. The molecule has 1 atom stereocenters. The summed E-state index contributed by atoms with van der Waals surface area (Å²) in [4.78, 5) is 29.0. The lowest BCUT2D eigenvalue weighted by Crippen LogP contribution is -2.46. The highest BCUT2D eigenvalue weighted by Gasteiger charge is 2.36. The maximum absolute atomic E-state index is 13.0. The predicted molar refractivity (Wildman–Crippen MR) is 92.7 cm³/mol. The van der Waals surface area contributed by atoms with Crippen molar-refractivity contribution < 1.29 is 18.7 Å². The molecular formula is C19H28N2O4. The van der Waals surface area contributed by atoms with Crippen LogP contribution in [-0.4, -0.2) is 53.5 Å². The Morgan fingerprint density at radius 3 is 2.64 bits per heavy atom. The maximum Gasteiger partial charge on any atom is 0.242 e. The van der Waals surface area contributed by atoms with Crippen LogP contribution in [0.15, 0.2) is 22.8 Å². The van der Waals surface area contributed by atoms with Crippen molar-refractivity contribution in [1.82, 2.24) is 9.80 Å². The molecule has 1 saturated carbocycles. The summed E-state index contributed by atoms with van der Waals surface area (Å²) in [6.07, 6.45) is 5.69. The first-order valence-electron chi connectivity index (χ1n) is 9.27. The van der Waals surface area contributed by atoms with Gasteiger partial charge in [-0.3, -0.25) is 9.59 Å². The topological polar surface area (TPSA) is 63.0 Å². The number of furan rings is 1. The molecule has 0 spiro atoms. The van der Waals surface area contributed by atoms with Gasteiger partial charge in [-0.2, -0.15) is 0 Å². The zero-order valence-corrected chi connectivity index (χ0v) is 15.1. The van der Waals surface area contributed by atoms with Gasteiger partial charge in [-0.1, -0.05) is 13.8 Å². The van der Waals surface area contributed by atoms with Crippen LogP contribution in [0.25, 0.3) is 0 Å². The first kappa shape index (κ1) is 18.0. The Kier molecular flexibility index (Phi) is 5.78. The number of hydrogen-bond donors (Lipinski definition) is 0. The molecular weight excluding hydrogens is 320 g/mol. The van der Waals surface area contributed by atoms with Crippen molar-refractivity contribution in [2.75, 3.05) is 19.7 Å². The standard InChI is InChI=1S/C19H28N2O4/c1-14(2)19(23)21(15-7-8-15)13-18(22)20(11-16-5-3-9-24-16)12-17-6-4-10-25-17/h3,5,9,14-15,17H,4,6-8,10-13H2,1-2H3/t17-/m1/s1. The summed E-state index contributed by atoms with van der Waals surface area (Å²) in [7, 11) is 0. The van der Waals surface area contributed by atoms with Crippen molar-refractivity contribution in [3.8, 4) is 0 Å². The molecule has 2 heterocycles. The fraction of sp³-hybridized carbons (Fsp3) is 0.684. The quantitative estimate of drug-likeness (QED) is 0.724. The van der Waals surface area contributed by atoms with E-state index in [4.69, 9.17) is 9.15 Å². The molecule has 25 heavy (non-hydrogen) atoms. The SMILES string of the molecule is CC(C)C(=O)N(CC(=O)N(Cc1ccco1)C[C@H]1CCCO1)C1CC1. The third-order valence-electron chi connectivity index (χ3n) is 4.80. The molecule has 2 amide bonds. The Morgan fingerprint density at radius 2 is 2.08 bits per heavy atom. The molecule has 2 aliphatic rings. The lowest BCUT2D eigenvalue weighted by molar-refractivity contribution is -0.144. The first-order valence-corrected chi connectivity index (χ1v) is 9.27. The number of nitrogens with zero attached hydrogens (tertiary/aromatic N) is 2. The zero-order valence-electron chi connectivity index (χ0n) is 15.1. The van der Waals surface area contributed by atoms with Crippen LogP contribution >= 0.6 is 0 Å².